The zero-order valence-electron chi connectivity index (χ0n) is 8.03. The van der Waals surface area contributed by atoms with Crippen molar-refractivity contribution in [1.82, 2.24) is 5.32 Å². The molecule has 11 heavy (non-hydrogen) atoms. The van der Waals surface area contributed by atoms with Crippen LogP contribution in [0.2, 0.25) is 0 Å². The Kier molecular flexibility index (Phi) is 2.26. The first-order valence-corrected chi connectivity index (χ1v) is 4.43. The van der Waals surface area contributed by atoms with E-state index in [1.54, 1.807) is 0 Å². The van der Waals surface area contributed by atoms with Crippen LogP contribution in [-0.2, 0) is 4.74 Å². The predicted octanol–water partition coefficient (Wildman–Crippen LogP) is 1.90. The molecule has 0 bridgehead atoms. The molecule has 66 valence electrons. The lowest BCUT2D eigenvalue weighted by Gasteiger charge is -2.26. The van der Waals surface area contributed by atoms with Crippen LogP contribution in [0.1, 0.15) is 40.5 Å². The first-order chi connectivity index (χ1) is 4.97. The van der Waals surface area contributed by atoms with E-state index in [0.29, 0.717) is 0 Å². The van der Waals surface area contributed by atoms with Gasteiger partial charge in [0.2, 0.25) is 0 Å². The van der Waals surface area contributed by atoms with E-state index in [9.17, 15) is 0 Å². The van der Waals surface area contributed by atoms with Gasteiger partial charge in [0.1, 0.15) is 5.72 Å². The van der Waals surface area contributed by atoms with Crippen LogP contribution < -0.4 is 5.32 Å². The Morgan fingerprint density at radius 2 is 2.00 bits per heavy atom. The van der Waals surface area contributed by atoms with Crippen LogP contribution in [0.25, 0.3) is 0 Å². The molecule has 0 aromatic heterocycles. The van der Waals surface area contributed by atoms with Gasteiger partial charge in [-0.3, -0.25) is 5.32 Å². The monoisotopic (exact) mass is 157 g/mol. The van der Waals surface area contributed by atoms with Gasteiger partial charge < -0.3 is 4.74 Å². The molecule has 1 fully saturated rings. The van der Waals surface area contributed by atoms with E-state index >= 15 is 0 Å². The molecule has 1 heterocycles. The molecule has 0 spiro atoms. The Bertz CT molecular complexity index is 144. The summed E-state index contributed by atoms with van der Waals surface area (Å²) in [5, 5.41) is 3.40. The lowest BCUT2D eigenvalue weighted by Crippen LogP contribution is -2.37. The van der Waals surface area contributed by atoms with E-state index in [-0.39, 0.29) is 11.3 Å². The first-order valence-electron chi connectivity index (χ1n) is 4.43. The second kappa shape index (κ2) is 2.76. The third-order valence-electron chi connectivity index (χ3n) is 2.12. The maximum absolute atomic E-state index is 5.87. The number of rotatable bonds is 2. The highest BCUT2D eigenvalue weighted by molar-refractivity contribution is 4.88. The van der Waals surface area contributed by atoms with Crippen LogP contribution in [0.5, 0.6) is 0 Å². The molecule has 0 aromatic carbocycles. The van der Waals surface area contributed by atoms with Crippen LogP contribution >= 0.6 is 0 Å². The molecule has 0 aliphatic carbocycles. The fourth-order valence-corrected chi connectivity index (χ4v) is 1.70. The maximum Gasteiger partial charge on any atom is 0.117 e. The summed E-state index contributed by atoms with van der Waals surface area (Å²) in [6.45, 7) is 9.53. The quantitative estimate of drug-likeness (QED) is 0.661. The van der Waals surface area contributed by atoms with E-state index in [0.717, 1.165) is 13.0 Å². The molecule has 0 radical (unpaired) electrons. The maximum atomic E-state index is 5.87. The van der Waals surface area contributed by atoms with Gasteiger partial charge in [0, 0.05) is 6.54 Å². The van der Waals surface area contributed by atoms with Crippen molar-refractivity contribution < 1.29 is 4.74 Å². The molecule has 1 unspecified atom stereocenters. The van der Waals surface area contributed by atoms with Gasteiger partial charge in [-0.1, -0.05) is 13.3 Å². The van der Waals surface area contributed by atoms with Gasteiger partial charge in [0.15, 0.2) is 0 Å². The topological polar surface area (TPSA) is 21.3 Å². The molecule has 2 nitrogen and oxygen atoms in total. The summed E-state index contributed by atoms with van der Waals surface area (Å²) in [7, 11) is 0. The number of ether oxygens (including phenoxy) is 1. The van der Waals surface area contributed by atoms with E-state index in [1.165, 1.54) is 6.42 Å². The lowest BCUT2D eigenvalue weighted by molar-refractivity contribution is -0.0836. The van der Waals surface area contributed by atoms with E-state index in [1.807, 2.05) is 0 Å². The standard InChI is InChI=1S/C9H19NO/c1-5-6-9(4)10-7-8(2,3)11-9/h10H,5-7H2,1-4H3. The number of hydrogen-bond donors (Lipinski definition) is 1. The molecule has 0 aromatic rings. The van der Waals surface area contributed by atoms with Crippen molar-refractivity contribution >= 4 is 0 Å². The zero-order chi connectivity index (χ0) is 8.54. The minimum absolute atomic E-state index is 0.0178. The van der Waals surface area contributed by atoms with E-state index < -0.39 is 0 Å². The molecule has 1 atom stereocenters. The summed E-state index contributed by atoms with van der Waals surface area (Å²) in [5.74, 6) is 0. The van der Waals surface area contributed by atoms with Crippen LogP contribution in [0, 0.1) is 0 Å². The third kappa shape index (κ3) is 2.17. The Labute approximate surface area is 69.3 Å². The third-order valence-corrected chi connectivity index (χ3v) is 2.12. The lowest BCUT2D eigenvalue weighted by atomic mass is 10.1. The molecule has 0 amide bonds. The van der Waals surface area contributed by atoms with Crippen molar-refractivity contribution in [2.45, 2.75) is 51.9 Å². The Morgan fingerprint density at radius 3 is 2.36 bits per heavy atom. The second-order valence-electron chi connectivity index (χ2n) is 4.20. The molecular weight excluding hydrogens is 138 g/mol. The van der Waals surface area contributed by atoms with Crippen molar-refractivity contribution in [3.05, 3.63) is 0 Å². The minimum Gasteiger partial charge on any atom is -0.354 e. The van der Waals surface area contributed by atoms with Crippen LogP contribution in [0.3, 0.4) is 0 Å². The van der Waals surface area contributed by atoms with Crippen LogP contribution in [-0.4, -0.2) is 17.9 Å². The van der Waals surface area contributed by atoms with Gasteiger partial charge >= 0.3 is 0 Å². The average Bonchev–Trinajstić information content (AvgIpc) is 2.07. The molecule has 1 aliphatic rings. The van der Waals surface area contributed by atoms with Gasteiger partial charge in [-0.05, 0) is 27.2 Å². The second-order valence-corrected chi connectivity index (χ2v) is 4.20. The van der Waals surface area contributed by atoms with Crippen LogP contribution in [0.15, 0.2) is 0 Å². The molecule has 1 aliphatic heterocycles. The average molecular weight is 157 g/mol. The van der Waals surface area contributed by atoms with Crippen molar-refractivity contribution in [3.8, 4) is 0 Å². The molecule has 2 heteroatoms. The predicted molar refractivity (Wildman–Crippen MR) is 46.5 cm³/mol. The number of hydrogen-bond acceptors (Lipinski definition) is 2. The summed E-state index contributed by atoms with van der Waals surface area (Å²) in [5.41, 5.74) is -0.0534. The smallest absolute Gasteiger partial charge is 0.117 e. The largest absolute Gasteiger partial charge is 0.354 e. The van der Waals surface area contributed by atoms with Gasteiger partial charge in [-0.25, -0.2) is 0 Å². The Morgan fingerprint density at radius 1 is 1.36 bits per heavy atom. The van der Waals surface area contributed by atoms with Gasteiger partial charge in [-0.2, -0.15) is 0 Å². The molecule has 1 saturated heterocycles. The summed E-state index contributed by atoms with van der Waals surface area (Å²) < 4.78 is 5.87. The Balaban J connectivity index is 2.51. The van der Waals surface area contributed by atoms with Gasteiger partial charge in [0.25, 0.3) is 0 Å². The normalized spacial score (nSPS) is 36.0. The van der Waals surface area contributed by atoms with E-state index in [4.69, 9.17) is 4.74 Å². The minimum atomic E-state index is -0.0712. The van der Waals surface area contributed by atoms with Crippen molar-refractivity contribution in [3.63, 3.8) is 0 Å². The highest BCUT2D eigenvalue weighted by Gasteiger charge is 2.39. The first kappa shape index (κ1) is 9.01. The number of nitrogens with one attached hydrogen (secondary N) is 1. The fraction of sp³-hybridized carbons (Fsp3) is 1.00. The molecule has 1 N–H and O–H groups in total. The molecule has 0 saturated carbocycles. The summed E-state index contributed by atoms with van der Waals surface area (Å²) >= 11 is 0. The summed E-state index contributed by atoms with van der Waals surface area (Å²) in [6.07, 6.45) is 2.26. The molecule has 1 rings (SSSR count). The van der Waals surface area contributed by atoms with Crippen molar-refractivity contribution in [2.75, 3.05) is 6.54 Å². The molecular formula is C9H19NO. The van der Waals surface area contributed by atoms with Crippen molar-refractivity contribution in [1.29, 1.82) is 0 Å². The SMILES string of the molecule is CCCC1(C)NCC(C)(C)O1. The highest BCUT2D eigenvalue weighted by Crippen LogP contribution is 2.28. The van der Waals surface area contributed by atoms with Gasteiger partial charge in [-0.15, -0.1) is 0 Å². The zero-order valence-corrected chi connectivity index (χ0v) is 8.03. The van der Waals surface area contributed by atoms with E-state index in [2.05, 4.69) is 33.0 Å². The van der Waals surface area contributed by atoms with Crippen molar-refractivity contribution in [2.24, 2.45) is 0 Å². The van der Waals surface area contributed by atoms with Gasteiger partial charge in [0.05, 0.1) is 5.60 Å². The fourth-order valence-electron chi connectivity index (χ4n) is 1.70. The summed E-state index contributed by atoms with van der Waals surface area (Å²) in [4.78, 5) is 0. The Hall–Kier alpha value is -0.0800. The highest BCUT2D eigenvalue weighted by atomic mass is 16.5. The van der Waals surface area contributed by atoms with Crippen LogP contribution in [0.4, 0.5) is 0 Å². The summed E-state index contributed by atoms with van der Waals surface area (Å²) in [6, 6.07) is 0.